The van der Waals surface area contributed by atoms with Crippen molar-refractivity contribution >= 4 is 45.0 Å². The third-order valence-corrected chi connectivity index (χ3v) is 7.76. The van der Waals surface area contributed by atoms with Gasteiger partial charge in [-0.1, -0.05) is 23.7 Å². The summed E-state index contributed by atoms with van der Waals surface area (Å²) in [6.07, 6.45) is 0. The summed E-state index contributed by atoms with van der Waals surface area (Å²) in [5.41, 5.74) is 0.653. The number of halogens is 1. The van der Waals surface area contributed by atoms with Gasteiger partial charge in [-0.3, -0.25) is 19.3 Å². The molecule has 9 nitrogen and oxygen atoms in total. The van der Waals surface area contributed by atoms with E-state index in [4.69, 9.17) is 16.3 Å². The zero-order valence-electron chi connectivity index (χ0n) is 17.1. The van der Waals surface area contributed by atoms with Crippen molar-refractivity contribution in [1.29, 1.82) is 0 Å². The molecule has 4 rings (SSSR count). The number of nitrogens with one attached hydrogen (secondary N) is 1. The predicted octanol–water partition coefficient (Wildman–Crippen LogP) is 1.98. The Morgan fingerprint density at radius 2 is 1.66 bits per heavy atom. The van der Waals surface area contributed by atoms with Gasteiger partial charge in [0.1, 0.15) is 10.9 Å². The fourth-order valence-electron chi connectivity index (χ4n) is 3.63. The first-order valence-electron chi connectivity index (χ1n) is 9.87. The number of rotatable bonds is 5. The van der Waals surface area contributed by atoms with Crippen LogP contribution in [0.3, 0.4) is 0 Å². The number of anilines is 1. The Bertz CT molecular complexity index is 1170. The van der Waals surface area contributed by atoms with E-state index >= 15 is 0 Å². The number of hydrogen-bond acceptors (Lipinski definition) is 6. The van der Waals surface area contributed by atoms with Gasteiger partial charge >= 0.3 is 0 Å². The third kappa shape index (κ3) is 3.90. The smallest absolute Gasteiger partial charge is 0.262 e. The number of sulfonamides is 1. The van der Waals surface area contributed by atoms with Crippen molar-refractivity contribution in [2.45, 2.75) is 17.9 Å². The van der Waals surface area contributed by atoms with E-state index in [1.165, 1.54) is 41.6 Å². The van der Waals surface area contributed by atoms with E-state index < -0.39 is 33.8 Å². The minimum atomic E-state index is -3.89. The number of nitrogens with zero attached hydrogens (tertiary/aromatic N) is 2. The van der Waals surface area contributed by atoms with Gasteiger partial charge in [-0.25, -0.2) is 8.42 Å². The number of carbonyl (C=O) groups is 3. The zero-order chi connectivity index (χ0) is 23.0. The molecule has 3 amide bonds. The molecule has 168 valence electrons. The van der Waals surface area contributed by atoms with Crippen molar-refractivity contribution in [3.63, 3.8) is 0 Å². The molecule has 0 unspecified atom stereocenters. The molecule has 32 heavy (non-hydrogen) atoms. The Balaban J connectivity index is 1.55. The fraction of sp³-hybridized carbons (Fsp3) is 0.286. The average Bonchev–Trinajstić information content (AvgIpc) is 3.05. The van der Waals surface area contributed by atoms with Gasteiger partial charge in [0.05, 0.1) is 29.4 Å². The largest absolute Gasteiger partial charge is 0.379 e. The zero-order valence-corrected chi connectivity index (χ0v) is 18.6. The van der Waals surface area contributed by atoms with Crippen molar-refractivity contribution < 1.29 is 27.5 Å². The topological polar surface area (TPSA) is 113 Å². The number of imide groups is 1. The highest BCUT2D eigenvalue weighted by Gasteiger charge is 2.40. The second-order valence-corrected chi connectivity index (χ2v) is 9.67. The maximum atomic E-state index is 13.0. The Morgan fingerprint density at radius 1 is 1.06 bits per heavy atom. The maximum Gasteiger partial charge on any atom is 0.262 e. The molecule has 2 aliphatic heterocycles. The highest BCUT2D eigenvalue weighted by atomic mass is 35.5. The number of benzene rings is 2. The molecule has 1 N–H and O–H groups in total. The number of amides is 3. The number of hydrogen-bond donors (Lipinski definition) is 1. The maximum absolute atomic E-state index is 13.0. The number of fused-ring (bicyclic) bond motifs is 1. The van der Waals surface area contributed by atoms with Crippen LogP contribution in [-0.4, -0.2) is 67.7 Å². The van der Waals surface area contributed by atoms with Gasteiger partial charge in [-0.15, -0.1) is 0 Å². The Hall–Kier alpha value is -2.79. The van der Waals surface area contributed by atoms with Crippen LogP contribution < -0.4 is 5.32 Å². The van der Waals surface area contributed by atoms with Crippen molar-refractivity contribution in [1.82, 2.24) is 9.21 Å². The molecule has 1 fully saturated rings. The van der Waals surface area contributed by atoms with Crippen LogP contribution in [0.5, 0.6) is 0 Å². The first-order chi connectivity index (χ1) is 15.2. The van der Waals surface area contributed by atoms with Crippen molar-refractivity contribution in [2.24, 2.45) is 0 Å². The molecule has 1 atom stereocenters. The van der Waals surface area contributed by atoms with Crippen molar-refractivity contribution in [3.05, 3.63) is 58.6 Å². The van der Waals surface area contributed by atoms with Crippen LogP contribution in [0.25, 0.3) is 0 Å². The molecule has 0 radical (unpaired) electrons. The van der Waals surface area contributed by atoms with Crippen LogP contribution in [0.4, 0.5) is 5.69 Å². The average molecular weight is 478 g/mol. The molecule has 0 aliphatic carbocycles. The summed E-state index contributed by atoms with van der Waals surface area (Å²) in [6, 6.07) is 9.32. The lowest BCUT2D eigenvalue weighted by Gasteiger charge is -2.26. The van der Waals surface area contributed by atoms with Crippen LogP contribution >= 0.6 is 11.6 Å². The van der Waals surface area contributed by atoms with Crippen molar-refractivity contribution in [3.8, 4) is 0 Å². The molecule has 1 saturated heterocycles. The van der Waals surface area contributed by atoms with E-state index in [-0.39, 0.29) is 53.0 Å². The molecule has 0 saturated carbocycles. The number of ether oxygens (including phenoxy) is 1. The number of morpholine rings is 1. The van der Waals surface area contributed by atoms with Gasteiger partial charge in [0, 0.05) is 18.8 Å². The summed E-state index contributed by atoms with van der Waals surface area (Å²) >= 11 is 6.15. The molecule has 2 aromatic carbocycles. The summed E-state index contributed by atoms with van der Waals surface area (Å²) in [5.74, 6) is -1.75. The Kier molecular flexibility index (Phi) is 6.04. The summed E-state index contributed by atoms with van der Waals surface area (Å²) in [4.78, 5) is 38.8. The first kappa shape index (κ1) is 22.4. The van der Waals surface area contributed by atoms with Crippen LogP contribution in [-0.2, 0) is 19.6 Å². The van der Waals surface area contributed by atoms with Crippen LogP contribution in [0.1, 0.15) is 27.6 Å². The van der Waals surface area contributed by atoms with Gasteiger partial charge < -0.3 is 10.1 Å². The second-order valence-electron chi connectivity index (χ2n) is 7.35. The van der Waals surface area contributed by atoms with E-state index in [0.717, 1.165) is 4.90 Å². The van der Waals surface area contributed by atoms with E-state index in [1.54, 1.807) is 12.1 Å². The van der Waals surface area contributed by atoms with Crippen LogP contribution in [0.2, 0.25) is 5.02 Å². The molecule has 0 aromatic heterocycles. The molecule has 0 bridgehead atoms. The summed E-state index contributed by atoms with van der Waals surface area (Å²) in [7, 11) is -3.89. The van der Waals surface area contributed by atoms with Gasteiger partial charge in [0.2, 0.25) is 15.9 Å². The van der Waals surface area contributed by atoms with Gasteiger partial charge in [-0.2, -0.15) is 4.31 Å². The Morgan fingerprint density at radius 3 is 2.25 bits per heavy atom. The number of carbonyl (C=O) groups excluding carboxylic acids is 3. The fourth-order valence-corrected chi connectivity index (χ4v) is 5.54. The lowest BCUT2D eigenvalue weighted by Crippen LogP contribution is -2.45. The molecule has 11 heteroatoms. The molecule has 2 aromatic rings. The summed E-state index contributed by atoms with van der Waals surface area (Å²) in [6.45, 7) is 2.40. The standard InChI is InChI=1S/C21H20ClN3O6S/c1-13(25-20(27)15-4-2-3-5-16(15)21(25)28)19(26)23-14-6-7-17(22)18(12-14)32(29,30)24-8-10-31-11-9-24/h2-7,12-13H,8-11H2,1H3,(H,23,26)/t13-/m0/s1. The summed E-state index contributed by atoms with van der Waals surface area (Å²) < 4.78 is 32.4. The summed E-state index contributed by atoms with van der Waals surface area (Å²) in [5, 5.41) is 2.59. The Labute approximate surface area is 189 Å². The SMILES string of the molecule is C[C@@H](C(=O)Nc1ccc(Cl)c(S(=O)(=O)N2CCOCC2)c1)N1C(=O)c2ccccc2C1=O. The highest BCUT2D eigenvalue weighted by molar-refractivity contribution is 7.89. The predicted molar refractivity (Wildman–Crippen MR) is 116 cm³/mol. The van der Waals surface area contributed by atoms with Gasteiger partial charge in [0.15, 0.2) is 0 Å². The van der Waals surface area contributed by atoms with Gasteiger partial charge in [0.25, 0.3) is 11.8 Å². The van der Waals surface area contributed by atoms with E-state index in [2.05, 4.69) is 5.32 Å². The molecule has 0 spiro atoms. The second kappa shape index (κ2) is 8.62. The quantitative estimate of drug-likeness (QED) is 0.659. The third-order valence-electron chi connectivity index (χ3n) is 5.38. The molecule has 2 aliphatic rings. The lowest BCUT2D eigenvalue weighted by atomic mass is 10.1. The van der Waals surface area contributed by atoms with Crippen LogP contribution in [0.15, 0.2) is 47.4 Å². The monoisotopic (exact) mass is 477 g/mol. The minimum Gasteiger partial charge on any atom is -0.379 e. The van der Waals surface area contributed by atoms with Crippen molar-refractivity contribution in [2.75, 3.05) is 31.6 Å². The molecular formula is C21H20ClN3O6S. The molecule has 2 heterocycles. The van der Waals surface area contributed by atoms with E-state index in [9.17, 15) is 22.8 Å². The van der Waals surface area contributed by atoms with E-state index in [0.29, 0.717) is 0 Å². The lowest BCUT2D eigenvalue weighted by molar-refractivity contribution is -0.119. The minimum absolute atomic E-state index is 0.0166. The van der Waals surface area contributed by atoms with Crippen LogP contribution in [0, 0.1) is 0 Å². The first-order valence-corrected chi connectivity index (χ1v) is 11.7. The van der Waals surface area contributed by atoms with Gasteiger partial charge in [-0.05, 0) is 37.3 Å². The van der Waals surface area contributed by atoms with E-state index in [1.807, 2.05) is 0 Å². The normalized spacial score (nSPS) is 17.9. The molecular weight excluding hydrogens is 458 g/mol. The highest BCUT2D eigenvalue weighted by Crippen LogP contribution is 2.29.